The summed E-state index contributed by atoms with van der Waals surface area (Å²) in [5.74, 6) is -2.08. The first-order valence-electron chi connectivity index (χ1n) is 10.8. The predicted molar refractivity (Wildman–Crippen MR) is 127 cm³/mol. The molecule has 2 atom stereocenters. The zero-order valence-electron chi connectivity index (χ0n) is 18.3. The number of thiazole rings is 1. The second-order valence-corrected chi connectivity index (χ2v) is 8.75. The van der Waals surface area contributed by atoms with E-state index in [1.807, 2.05) is 60.0 Å². The summed E-state index contributed by atoms with van der Waals surface area (Å²) in [7, 11) is 0. The Morgan fingerprint density at radius 3 is 2.70 bits per heavy atom. The van der Waals surface area contributed by atoms with Crippen LogP contribution in [0.25, 0.3) is 21.8 Å². The van der Waals surface area contributed by atoms with E-state index in [0.717, 1.165) is 27.4 Å². The van der Waals surface area contributed by atoms with Gasteiger partial charge in [0.15, 0.2) is 0 Å². The minimum Gasteiger partial charge on any atom is -0.465 e. The van der Waals surface area contributed by atoms with Gasteiger partial charge in [-0.3, -0.25) is 9.79 Å². The van der Waals surface area contributed by atoms with Crippen LogP contribution in [0.1, 0.15) is 25.3 Å². The van der Waals surface area contributed by atoms with E-state index in [4.69, 9.17) is 14.5 Å². The van der Waals surface area contributed by atoms with Crippen LogP contribution in [0.4, 0.5) is 0 Å². The highest BCUT2D eigenvalue weighted by Crippen LogP contribution is 2.46. The van der Waals surface area contributed by atoms with E-state index >= 15 is 0 Å². The molecule has 2 aromatic carbocycles. The van der Waals surface area contributed by atoms with Gasteiger partial charge in [-0.1, -0.05) is 54.6 Å². The number of carbonyl (C=O) groups is 2. The molecule has 2 aliphatic heterocycles. The molecule has 0 aliphatic carbocycles. The van der Waals surface area contributed by atoms with Crippen LogP contribution in [0.2, 0.25) is 0 Å². The van der Waals surface area contributed by atoms with Gasteiger partial charge in [0.25, 0.3) is 0 Å². The normalized spacial score (nSPS) is 19.7. The Bertz CT molecular complexity index is 1290. The lowest BCUT2D eigenvalue weighted by molar-refractivity contribution is -0.146. The summed E-state index contributed by atoms with van der Waals surface area (Å²) in [6, 6.07) is 17.8. The maximum Gasteiger partial charge on any atom is 0.337 e. The lowest BCUT2D eigenvalue weighted by atomic mass is 9.74. The van der Waals surface area contributed by atoms with Crippen LogP contribution in [0.3, 0.4) is 0 Å². The third-order valence-electron chi connectivity index (χ3n) is 5.92. The first-order chi connectivity index (χ1) is 16.1. The quantitative estimate of drug-likeness (QED) is 0.502. The summed E-state index contributed by atoms with van der Waals surface area (Å²) in [5.41, 5.74) is 5.28. The molecule has 0 radical (unpaired) electrons. The number of benzene rings is 2. The number of ether oxygens (including phenoxy) is 2. The van der Waals surface area contributed by atoms with Crippen LogP contribution in [-0.4, -0.2) is 35.8 Å². The molecule has 0 saturated heterocycles. The maximum absolute atomic E-state index is 13.0. The molecule has 0 spiro atoms. The Labute approximate surface area is 195 Å². The molecule has 3 aromatic rings. The number of aromatic nitrogens is 1. The van der Waals surface area contributed by atoms with Crippen LogP contribution >= 0.6 is 11.3 Å². The molecule has 0 amide bonds. The molecule has 0 fully saturated rings. The highest BCUT2D eigenvalue weighted by molar-refractivity contribution is 7.13. The van der Waals surface area contributed by atoms with Gasteiger partial charge < -0.3 is 9.47 Å². The molecule has 2 aliphatic rings. The van der Waals surface area contributed by atoms with Gasteiger partial charge in [-0.2, -0.15) is 0 Å². The summed E-state index contributed by atoms with van der Waals surface area (Å²) in [6.45, 7) is 3.95. The lowest BCUT2D eigenvalue weighted by Gasteiger charge is -2.30. The first kappa shape index (κ1) is 21.3. The molecule has 0 saturated carbocycles. The molecule has 166 valence electrons. The number of nitrogens with zero attached hydrogens (tertiary/aromatic N) is 2. The van der Waals surface area contributed by atoms with Gasteiger partial charge in [0.05, 0.1) is 23.6 Å². The summed E-state index contributed by atoms with van der Waals surface area (Å²) < 4.78 is 10.7. The average Bonchev–Trinajstić information content (AvgIpc) is 3.46. The monoisotopic (exact) mass is 458 g/mol. The van der Waals surface area contributed by atoms with Gasteiger partial charge in [-0.05, 0) is 19.4 Å². The Morgan fingerprint density at radius 2 is 1.91 bits per heavy atom. The molecule has 2 unspecified atom stereocenters. The minimum atomic E-state index is -0.705. The number of rotatable bonds is 5. The van der Waals surface area contributed by atoms with E-state index in [2.05, 4.69) is 4.99 Å². The van der Waals surface area contributed by atoms with Crippen LogP contribution in [0, 0.1) is 5.92 Å². The average molecular weight is 459 g/mol. The Kier molecular flexibility index (Phi) is 5.64. The molecule has 5 rings (SSSR count). The molecule has 0 bridgehead atoms. The topological polar surface area (TPSA) is 77.8 Å². The largest absolute Gasteiger partial charge is 0.465 e. The standard InChI is InChI=1S/C26H22N2O4S/c1-3-31-25(29)21-15(2)27-19-13-32-26(30)23(19)22(21)17-11-7-8-12-18(17)24-28-20(14-33-24)16-9-5-4-6-10-16/h4-12,14,21-22H,3,13H2,1-2H3. The second kappa shape index (κ2) is 8.75. The van der Waals surface area contributed by atoms with E-state index in [9.17, 15) is 9.59 Å². The summed E-state index contributed by atoms with van der Waals surface area (Å²) in [4.78, 5) is 35.2. The smallest absolute Gasteiger partial charge is 0.337 e. The van der Waals surface area contributed by atoms with Gasteiger partial charge in [-0.25, -0.2) is 9.78 Å². The maximum atomic E-state index is 13.0. The molecule has 0 N–H and O–H groups in total. The number of hydrogen-bond donors (Lipinski definition) is 0. The number of aliphatic imine (C=N–C) groups is 1. The highest BCUT2D eigenvalue weighted by Gasteiger charge is 2.46. The zero-order valence-corrected chi connectivity index (χ0v) is 19.1. The van der Waals surface area contributed by atoms with Crippen molar-refractivity contribution in [2.75, 3.05) is 13.2 Å². The third-order valence-corrected chi connectivity index (χ3v) is 6.79. The van der Waals surface area contributed by atoms with Gasteiger partial charge in [0.1, 0.15) is 17.5 Å². The number of hydrogen-bond acceptors (Lipinski definition) is 7. The molecule has 33 heavy (non-hydrogen) atoms. The van der Waals surface area contributed by atoms with Crippen LogP contribution in [-0.2, 0) is 19.1 Å². The Hall–Kier alpha value is -3.58. The molecule has 1 aromatic heterocycles. The molecule has 7 heteroatoms. The van der Waals surface area contributed by atoms with E-state index in [1.165, 1.54) is 11.3 Å². The van der Waals surface area contributed by atoms with Gasteiger partial charge in [0.2, 0.25) is 0 Å². The summed E-state index contributed by atoms with van der Waals surface area (Å²) in [5, 5.41) is 2.84. The molecular weight excluding hydrogens is 436 g/mol. The molecule has 6 nitrogen and oxygen atoms in total. The molecule has 3 heterocycles. The van der Waals surface area contributed by atoms with Crippen molar-refractivity contribution in [1.29, 1.82) is 0 Å². The van der Waals surface area contributed by atoms with Crippen molar-refractivity contribution in [2.45, 2.75) is 19.8 Å². The fourth-order valence-electron chi connectivity index (χ4n) is 4.47. The fraction of sp³-hybridized carbons (Fsp3) is 0.231. The third kappa shape index (κ3) is 3.78. The van der Waals surface area contributed by atoms with Gasteiger partial charge >= 0.3 is 11.9 Å². The zero-order chi connectivity index (χ0) is 22.9. The van der Waals surface area contributed by atoms with Crippen molar-refractivity contribution >= 4 is 29.0 Å². The SMILES string of the molecule is CCOC(=O)C1C(C)=NC2=C(C(=O)OC2)C1c1ccccc1-c1nc(-c2ccccc2)cs1. The highest BCUT2D eigenvalue weighted by atomic mass is 32.1. The Morgan fingerprint density at radius 1 is 1.15 bits per heavy atom. The molecular formula is C26H22N2O4S. The van der Waals surface area contributed by atoms with E-state index in [0.29, 0.717) is 17.0 Å². The summed E-state index contributed by atoms with van der Waals surface area (Å²) >= 11 is 1.53. The minimum absolute atomic E-state index is 0.120. The van der Waals surface area contributed by atoms with Crippen LogP contribution in [0.15, 0.2) is 76.2 Å². The van der Waals surface area contributed by atoms with Crippen molar-refractivity contribution in [3.8, 4) is 21.8 Å². The van der Waals surface area contributed by atoms with Crippen molar-refractivity contribution in [3.05, 3.63) is 76.8 Å². The van der Waals surface area contributed by atoms with Crippen molar-refractivity contribution in [2.24, 2.45) is 10.9 Å². The van der Waals surface area contributed by atoms with Crippen molar-refractivity contribution < 1.29 is 19.1 Å². The Balaban J connectivity index is 1.64. The summed E-state index contributed by atoms with van der Waals surface area (Å²) in [6.07, 6.45) is 0. The fourth-order valence-corrected chi connectivity index (χ4v) is 5.35. The second-order valence-electron chi connectivity index (χ2n) is 7.89. The van der Waals surface area contributed by atoms with Crippen molar-refractivity contribution in [3.63, 3.8) is 0 Å². The lowest BCUT2D eigenvalue weighted by Crippen LogP contribution is -2.35. The predicted octanol–water partition coefficient (Wildman–Crippen LogP) is 5.03. The van der Waals surface area contributed by atoms with Crippen molar-refractivity contribution in [1.82, 2.24) is 4.98 Å². The van der Waals surface area contributed by atoms with Crippen LogP contribution in [0.5, 0.6) is 0 Å². The van der Waals surface area contributed by atoms with E-state index < -0.39 is 23.8 Å². The number of cyclic esters (lactones) is 1. The van der Waals surface area contributed by atoms with E-state index in [1.54, 1.807) is 13.8 Å². The first-order valence-corrected chi connectivity index (χ1v) is 11.7. The van der Waals surface area contributed by atoms with Crippen LogP contribution < -0.4 is 0 Å². The van der Waals surface area contributed by atoms with E-state index in [-0.39, 0.29) is 13.2 Å². The number of carbonyl (C=O) groups excluding carboxylic acids is 2. The van der Waals surface area contributed by atoms with Gasteiger partial charge in [-0.15, -0.1) is 11.3 Å². The number of esters is 2. The van der Waals surface area contributed by atoms with Gasteiger partial charge in [0, 0.05) is 28.1 Å².